The number of hydrogen-bond donors (Lipinski definition) is 1. The second-order valence-corrected chi connectivity index (χ2v) is 9.50. The molecule has 0 saturated heterocycles. The Kier molecular flexibility index (Phi) is 5.12. The van der Waals surface area contributed by atoms with Crippen LogP contribution in [0, 0.1) is 0 Å². The number of nitrogens with two attached hydrogens (primary N) is 1. The lowest BCUT2D eigenvalue weighted by molar-refractivity contribution is 0.0990. The van der Waals surface area contributed by atoms with Gasteiger partial charge in [-0.2, -0.15) is 0 Å². The maximum atomic E-state index is 13.8. The van der Waals surface area contributed by atoms with Crippen molar-refractivity contribution in [2.45, 2.75) is 12.8 Å². The Balaban J connectivity index is 1.54. The molecule has 1 aliphatic heterocycles. The van der Waals surface area contributed by atoms with Gasteiger partial charge in [-0.25, -0.2) is 4.98 Å². The molecule has 0 saturated carbocycles. The van der Waals surface area contributed by atoms with E-state index in [-0.39, 0.29) is 5.91 Å². The van der Waals surface area contributed by atoms with Crippen molar-refractivity contribution in [2.75, 3.05) is 17.2 Å². The summed E-state index contributed by atoms with van der Waals surface area (Å²) in [4.78, 5) is 22.0. The standard InChI is InChI=1S/C29H23N3OS/c30-26-25-22(19-10-3-1-4-11-19)18-23(20-12-5-2-6-13-20)31-28(25)34-27(26)29(33)32-17-9-15-21-14-7-8-16-24(21)32/h1-8,10-14,16,18H,9,15,17,30H2. The van der Waals surface area contributed by atoms with E-state index >= 15 is 0 Å². The van der Waals surface area contributed by atoms with Crippen LogP contribution in [0.3, 0.4) is 0 Å². The number of thiophene rings is 1. The summed E-state index contributed by atoms with van der Waals surface area (Å²) in [6.07, 6.45) is 1.93. The molecule has 166 valence electrons. The highest BCUT2D eigenvalue weighted by molar-refractivity contribution is 7.21. The van der Waals surface area contributed by atoms with Crippen molar-refractivity contribution in [3.8, 4) is 22.4 Å². The highest BCUT2D eigenvalue weighted by Gasteiger charge is 2.28. The van der Waals surface area contributed by atoms with Gasteiger partial charge in [0.25, 0.3) is 5.91 Å². The zero-order chi connectivity index (χ0) is 23.1. The predicted octanol–water partition coefficient (Wildman–Crippen LogP) is 6.81. The predicted molar refractivity (Wildman–Crippen MR) is 141 cm³/mol. The molecule has 3 aromatic carbocycles. The Morgan fingerprint density at radius 3 is 2.32 bits per heavy atom. The van der Waals surface area contributed by atoms with Gasteiger partial charge in [-0.05, 0) is 41.7 Å². The summed E-state index contributed by atoms with van der Waals surface area (Å²) in [5.74, 6) is -0.0482. The molecule has 0 atom stereocenters. The maximum absolute atomic E-state index is 13.8. The minimum atomic E-state index is -0.0482. The van der Waals surface area contributed by atoms with Gasteiger partial charge in [-0.1, -0.05) is 78.9 Å². The van der Waals surface area contributed by atoms with Crippen molar-refractivity contribution >= 4 is 38.8 Å². The molecule has 6 rings (SSSR count). The lowest BCUT2D eigenvalue weighted by Gasteiger charge is -2.29. The molecule has 0 aliphatic carbocycles. The summed E-state index contributed by atoms with van der Waals surface area (Å²) in [5, 5.41) is 0.851. The molecular formula is C29H23N3OS. The third kappa shape index (κ3) is 3.45. The van der Waals surface area contributed by atoms with Crippen LogP contribution in [0.5, 0.6) is 0 Å². The van der Waals surface area contributed by atoms with E-state index in [1.54, 1.807) is 0 Å². The largest absolute Gasteiger partial charge is 0.397 e. The van der Waals surface area contributed by atoms with Crippen LogP contribution in [0.4, 0.5) is 11.4 Å². The van der Waals surface area contributed by atoms with Gasteiger partial charge in [0.15, 0.2) is 0 Å². The zero-order valence-corrected chi connectivity index (χ0v) is 19.4. The fourth-order valence-electron chi connectivity index (χ4n) is 4.75. The van der Waals surface area contributed by atoms with E-state index in [0.717, 1.165) is 51.1 Å². The number of fused-ring (bicyclic) bond motifs is 2. The van der Waals surface area contributed by atoms with Crippen molar-refractivity contribution in [3.63, 3.8) is 0 Å². The molecule has 0 unspecified atom stereocenters. The van der Waals surface area contributed by atoms with Crippen molar-refractivity contribution in [3.05, 3.63) is 101 Å². The van der Waals surface area contributed by atoms with Crippen LogP contribution in [-0.2, 0) is 6.42 Å². The third-order valence-corrected chi connectivity index (χ3v) is 7.49. The Hall–Kier alpha value is -3.96. The van der Waals surface area contributed by atoms with E-state index in [0.29, 0.717) is 17.1 Å². The van der Waals surface area contributed by atoms with Crippen LogP contribution in [-0.4, -0.2) is 17.4 Å². The molecule has 4 nitrogen and oxygen atoms in total. The summed E-state index contributed by atoms with van der Waals surface area (Å²) in [7, 11) is 0. The van der Waals surface area contributed by atoms with Gasteiger partial charge in [0.1, 0.15) is 9.71 Å². The first-order valence-corrected chi connectivity index (χ1v) is 12.3. The summed E-state index contributed by atoms with van der Waals surface area (Å²) >= 11 is 1.39. The van der Waals surface area contributed by atoms with Crippen LogP contribution in [0.2, 0.25) is 0 Å². The summed E-state index contributed by atoms with van der Waals surface area (Å²) in [6, 6.07) is 30.5. The lowest BCUT2D eigenvalue weighted by Crippen LogP contribution is -2.35. The molecule has 34 heavy (non-hydrogen) atoms. The number of nitrogen functional groups attached to an aromatic ring is 1. The highest BCUT2D eigenvalue weighted by Crippen LogP contribution is 2.42. The molecule has 3 heterocycles. The summed E-state index contributed by atoms with van der Waals surface area (Å²) in [6.45, 7) is 0.692. The Morgan fingerprint density at radius 2 is 1.56 bits per heavy atom. The lowest BCUT2D eigenvalue weighted by atomic mass is 9.99. The van der Waals surface area contributed by atoms with Crippen molar-refractivity contribution in [1.82, 2.24) is 4.98 Å². The Labute approximate surface area is 202 Å². The number of carbonyl (C=O) groups excluding carboxylic acids is 1. The fraction of sp³-hybridized carbons (Fsp3) is 0.103. The summed E-state index contributed by atoms with van der Waals surface area (Å²) < 4.78 is 0. The topological polar surface area (TPSA) is 59.2 Å². The van der Waals surface area contributed by atoms with Gasteiger partial charge < -0.3 is 10.6 Å². The number of para-hydroxylation sites is 1. The number of hydrogen-bond acceptors (Lipinski definition) is 4. The van der Waals surface area contributed by atoms with Gasteiger partial charge in [0.05, 0.1) is 11.4 Å². The van der Waals surface area contributed by atoms with E-state index < -0.39 is 0 Å². The quantitative estimate of drug-likeness (QED) is 0.321. The van der Waals surface area contributed by atoms with E-state index in [9.17, 15) is 4.79 Å². The monoisotopic (exact) mass is 461 g/mol. The van der Waals surface area contributed by atoms with Gasteiger partial charge in [0.2, 0.25) is 0 Å². The first kappa shape index (κ1) is 20.6. The number of amides is 1. The van der Waals surface area contributed by atoms with Gasteiger partial charge in [-0.15, -0.1) is 11.3 Å². The van der Waals surface area contributed by atoms with E-state index in [4.69, 9.17) is 10.7 Å². The molecule has 0 bridgehead atoms. The second-order valence-electron chi connectivity index (χ2n) is 8.50. The first-order valence-electron chi connectivity index (χ1n) is 11.4. The molecular weight excluding hydrogens is 438 g/mol. The normalized spacial score (nSPS) is 13.1. The number of nitrogens with zero attached hydrogens (tertiary/aromatic N) is 2. The molecule has 1 aliphatic rings. The van der Waals surface area contributed by atoms with Crippen LogP contribution in [0.15, 0.2) is 91.0 Å². The molecule has 2 aromatic heterocycles. The van der Waals surface area contributed by atoms with Crippen LogP contribution >= 0.6 is 11.3 Å². The fourth-order valence-corrected chi connectivity index (χ4v) is 5.82. The number of carbonyl (C=O) groups is 1. The smallest absolute Gasteiger partial charge is 0.270 e. The van der Waals surface area contributed by atoms with Gasteiger partial charge in [0, 0.05) is 23.2 Å². The summed E-state index contributed by atoms with van der Waals surface area (Å²) in [5.41, 5.74) is 13.4. The van der Waals surface area contributed by atoms with Gasteiger partial charge in [-0.3, -0.25) is 4.79 Å². The minimum absolute atomic E-state index is 0.0482. The molecule has 0 spiro atoms. The van der Waals surface area contributed by atoms with E-state index in [2.05, 4.69) is 36.4 Å². The average Bonchev–Trinajstić information content (AvgIpc) is 3.24. The minimum Gasteiger partial charge on any atom is -0.397 e. The zero-order valence-electron chi connectivity index (χ0n) is 18.6. The third-order valence-electron chi connectivity index (χ3n) is 6.40. The Bertz CT molecular complexity index is 1510. The number of pyridine rings is 1. The number of anilines is 2. The number of benzene rings is 3. The van der Waals surface area contributed by atoms with Crippen LogP contribution in [0.25, 0.3) is 32.6 Å². The van der Waals surface area contributed by atoms with Crippen molar-refractivity contribution in [1.29, 1.82) is 0 Å². The highest BCUT2D eigenvalue weighted by atomic mass is 32.1. The average molecular weight is 462 g/mol. The van der Waals surface area contributed by atoms with Crippen molar-refractivity contribution < 1.29 is 4.79 Å². The van der Waals surface area contributed by atoms with Crippen LogP contribution < -0.4 is 10.6 Å². The molecule has 0 fully saturated rings. The molecule has 1 amide bonds. The number of aromatic nitrogens is 1. The van der Waals surface area contributed by atoms with Crippen LogP contribution in [0.1, 0.15) is 21.7 Å². The number of rotatable bonds is 3. The van der Waals surface area contributed by atoms with E-state index in [1.807, 2.05) is 59.5 Å². The van der Waals surface area contributed by atoms with Crippen molar-refractivity contribution in [2.24, 2.45) is 0 Å². The molecule has 2 N–H and O–H groups in total. The number of aryl methyl sites for hydroxylation is 1. The Morgan fingerprint density at radius 1 is 0.882 bits per heavy atom. The SMILES string of the molecule is Nc1c(C(=O)N2CCCc3ccccc32)sc2nc(-c3ccccc3)cc(-c3ccccc3)c12. The van der Waals surface area contributed by atoms with Gasteiger partial charge >= 0.3 is 0 Å². The van der Waals surface area contributed by atoms with E-state index in [1.165, 1.54) is 16.9 Å². The molecule has 5 heteroatoms. The molecule has 5 aromatic rings. The molecule has 0 radical (unpaired) electrons. The first-order chi connectivity index (χ1) is 16.7. The second kappa shape index (κ2) is 8.43. The maximum Gasteiger partial charge on any atom is 0.270 e.